The summed E-state index contributed by atoms with van der Waals surface area (Å²) >= 11 is 10.9. The van der Waals surface area contributed by atoms with Crippen LogP contribution in [0, 0.1) is 0 Å². The zero-order chi connectivity index (χ0) is 9.12. The molecule has 0 rings (SSSR count). The summed E-state index contributed by atoms with van der Waals surface area (Å²) in [5, 5.41) is 0. The molecule has 0 aromatic heterocycles. The summed E-state index contributed by atoms with van der Waals surface area (Å²) in [6.45, 7) is 4.73. The van der Waals surface area contributed by atoms with Crippen LogP contribution in [0.5, 0.6) is 0 Å². The van der Waals surface area contributed by atoms with Gasteiger partial charge in [-0.3, -0.25) is 0 Å². The third-order valence-electron chi connectivity index (χ3n) is 1.78. The van der Waals surface area contributed by atoms with Crippen molar-refractivity contribution in [3.63, 3.8) is 0 Å². The van der Waals surface area contributed by atoms with Crippen molar-refractivity contribution in [2.45, 2.75) is 31.6 Å². The molecule has 0 aliphatic carbocycles. The van der Waals surface area contributed by atoms with E-state index in [0.29, 0.717) is 0 Å². The second-order valence-corrected chi connectivity index (χ2v) is 51.0. The molecule has 0 aliphatic rings. The number of hydrogen-bond acceptors (Lipinski definition) is 0. The third-order valence-corrected chi connectivity index (χ3v) is 26.8. The van der Waals surface area contributed by atoms with Crippen molar-refractivity contribution in [3.8, 4) is 0 Å². The monoisotopic (exact) mass is 636 g/mol. The average molecular weight is 636 g/mol. The van der Waals surface area contributed by atoms with E-state index in [1.165, 1.54) is 12.1 Å². The first-order valence-electron chi connectivity index (χ1n) is 3.58. The van der Waals surface area contributed by atoms with Crippen LogP contribution in [-0.2, 0) is 0 Å². The maximum Gasteiger partial charge on any atom is 0.252 e. The molecule has 0 fully saturated rings. The van der Waals surface area contributed by atoms with Gasteiger partial charge in [0.05, 0.1) is 0 Å². The summed E-state index contributed by atoms with van der Waals surface area (Å²) in [4.78, 5) is 0. The van der Waals surface area contributed by atoms with Crippen LogP contribution in [0.1, 0.15) is 13.8 Å². The van der Waals surface area contributed by atoms with Gasteiger partial charge in [0, 0.05) is 0 Å². The second kappa shape index (κ2) is 6.05. The molecule has 0 radical (unpaired) electrons. The molecule has 0 bridgehead atoms. The number of hydrogen-bond donors (Lipinski definition) is 0. The van der Waals surface area contributed by atoms with Crippen molar-refractivity contribution in [2.24, 2.45) is 0 Å². The highest BCUT2D eigenvalue weighted by molar-refractivity contribution is 14.4. The Labute approximate surface area is 122 Å². The molecular formula is C5H12I4Si2. The highest BCUT2D eigenvalue weighted by atomic mass is 127. The van der Waals surface area contributed by atoms with E-state index in [1.54, 1.807) is 5.67 Å². The lowest BCUT2D eigenvalue weighted by Crippen LogP contribution is -2.30. The molecule has 0 N–H and O–H groups in total. The van der Waals surface area contributed by atoms with Gasteiger partial charge in [0.25, 0.3) is 0.564 Å². The van der Waals surface area contributed by atoms with E-state index in [9.17, 15) is 0 Å². The lowest BCUT2D eigenvalue weighted by Gasteiger charge is -2.25. The molecule has 0 spiro atoms. The summed E-state index contributed by atoms with van der Waals surface area (Å²) in [6.07, 6.45) is 0. The van der Waals surface area contributed by atoms with Gasteiger partial charge in [-0.25, -0.2) is 0 Å². The Morgan fingerprint density at radius 2 is 1.27 bits per heavy atom. The highest BCUT2D eigenvalue weighted by Gasteiger charge is 2.36. The Morgan fingerprint density at radius 1 is 0.909 bits per heavy atom. The Morgan fingerprint density at radius 3 is 1.36 bits per heavy atom. The molecule has 0 nitrogen and oxygen atoms in total. The van der Waals surface area contributed by atoms with Crippen LogP contribution in [0.3, 0.4) is 0 Å². The molecule has 0 atom stereocenters. The third kappa shape index (κ3) is 7.30. The molecule has 0 aliphatic heterocycles. The molecular weight excluding hydrogens is 624 g/mol. The molecule has 0 saturated heterocycles. The summed E-state index contributed by atoms with van der Waals surface area (Å²) < 4.78 is -0.870. The van der Waals surface area contributed by atoms with Crippen LogP contribution in [0.15, 0.2) is 0 Å². The van der Waals surface area contributed by atoms with Crippen LogP contribution in [0.25, 0.3) is 0 Å². The first kappa shape index (κ1) is 14.4. The van der Waals surface area contributed by atoms with Gasteiger partial charge in [-0.15, -0.1) is 21.8 Å². The van der Waals surface area contributed by atoms with Crippen LogP contribution in [0.2, 0.25) is 17.8 Å². The van der Waals surface area contributed by atoms with E-state index in [4.69, 9.17) is 0 Å². The SMILES string of the molecule is CC[Si](I)(CC)C[Si](I)(I)I. The predicted molar refractivity (Wildman–Crippen MR) is 93.4 cm³/mol. The standard InChI is InChI=1S/C5H12I4Si2/c1-3-10(6,4-2)5-11(7,8)9/h3-5H2,1-2H3. The number of halogens is 4. The fourth-order valence-electron chi connectivity index (χ4n) is 0.859. The second-order valence-electron chi connectivity index (χ2n) is 2.65. The van der Waals surface area contributed by atoms with Crippen molar-refractivity contribution < 1.29 is 0 Å². The van der Waals surface area contributed by atoms with Crippen molar-refractivity contribution in [1.82, 2.24) is 0 Å². The lowest BCUT2D eigenvalue weighted by molar-refractivity contribution is 1.30. The van der Waals surface area contributed by atoms with Crippen LogP contribution in [0.4, 0.5) is 0 Å². The minimum absolute atomic E-state index is 0.824. The quantitative estimate of drug-likeness (QED) is 0.227. The number of rotatable bonds is 4. The summed E-state index contributed by atoms with van der Waals surface area (Å²) in [6, 6.07) is 2.90. The predicted octanol–water partition coefficient (Wildman–Crippen LogP) is 5.19. The summed E-state index contributed by atoms with van der Waals surface area (Å²) in [5.41, 5.74) is 0.741. The van der Waals surface area contributed by atoms with Crippen LogP contribution in [-0.4, -0.2) is 6.13 Å². The Bertz CT molecular complexity index is 118. The molecule has 6 heteroatoms. The zero-order valence-electron chi connectivity index (χ0n) is 6.63. The average Bonchev–Trinajstić information content (AvgIpc) is 1.84. The topological polar surface area (TPSA) is 0 Å². The van der Waals surface area contributed by atoms with Gasteiger partial charge in [-0.2, -0.15) is 0 Å². The van der Waals surface area contributed by atoms with Crippen molar-refractivity contribution in [2.75, 3.05) is 0 Å². The molecule has 0 saturated carbocycles. The molecule has 68 valence electrons. The first-order valence-corrected chi connectivity index (χ1v) is 20.9. The fraction of sp³-hybridized carbons (Fsp3) is 1.00. The normalized spacial score (nSPS) is 13.6. The summed E-state index contributed by atoms with van der Waals surface area (Å²) in [7, 11) is 0. The van der Waals surface area contributed by atoms with Gasteiger partial charge in [0.1, 0.15) is 5.57 Å². The van der Waals surface area contributed by atoms with E-state index in [1.807, 2.05) is 0 Å². The zero-order valence-corrected chi connectivity index (χ0v) is 17.3. The van der Waals surface area contributed by atoms with Gasteiger partial charge in [0.2, 0.25) is 0 Å². The minimum atomic E-state index is -0.870. The molecule has 0 aromatic carbocycles. The molecule has 11 heavy (non-hydrogen) atoms. The van der Waals surface area contributed by atoms with Crippen molar-refractivity contribution in [3.05, 3.63) is 0 Å². The van der Waals surface area contributed by atoms with Crippen molar-refractivity contribution >= 4 is 93.3 Å². The van der Waals surface area contributed by atoms with Gasteiger partial charge in [0.15, 0.2) is 0 Å². The van der Waals surface area contributed by atoms with E-state index < -0.39 is 6.13 Å². The van der Waals surface area contributed by atoms with Gasteiger partial charge in [-0.1, -0.05) is 91.3 Å². The van der Waals surface area contributed by atoms with Gasteiger partial charge in [-0.05, 0) is 5.67 Å². The van der Waals surface area contributed by atoms with Crippen molar-refractivity contribution in [1.29, 1.82) is 0 Å². The smallest absolute Gasteiger partial charge is 0.119 e. The van der Waals surface area contributed by atoms with E-state index >= 15 is 0 Å². The van der Waals surface area contributed by atoms with E-state index in [0.717, 1.165) is 0 Å². The maximum atomic E-state index is 2.79. The molecule has 0 heterocycles. The highest BCUT2D eigenvalue weighted by Crippen LogP contribution is 2.42. The molecule has 0 amide bonds. The Balaban J connectivity index is 4.08. The van der Waals surface area contributed by atoms with Crippen LogP contribution < -0.4 is 0 Å². The van der Waals surface area contributed by atoms with E-state index in [-0.39, 0.29) is 0 Å². The minimum Gasteiger partial charge on any atom is -0.119 e. The fourth-order valence-corrected chi connectivity index (χ4v) is 50.8. The largest absolute Gasteiger partial charge is 0.252 e. The lowest BCUT2D eigenvalue weighted by atomic mass is 10.9. The summed E-state index contributed by atoms with van der Waals surface area (Å²) in [5.74, 6) is 0. The molecule has 0 aromatic rings. The molecule has 0 unspecified atom stereocenters. The Hall–Kier alpha value is 3.35. The van der Waals surface area contributed by atoms with E-state index in [2.05, 4.69) is 101 Å². The van der Waals surface area contributed by atoms with Gasteiger partial charge >= 0.3 is 0 Å². The Kier molecular flexibility index (Phi) is 7.89. The van der Waals surface area contributed by atoms with Gasteiger partial charge < -0.3 is 0 Å². The first-order chi connectivity index (χ1) is 4.83. The van der Waals surface area contributed by atoms with Crippen LogP contribution >= 0.6 is 87.2 Å². The maximum absolute atomic E-state index is 2.79.